The summed E-state index contributed by atoms with van der Waals surface area (Å²) in [7, 11) is 0. The van der Waals surface area contributed by atoms with E-state index in [1.165, 1.54) is 11.8 Å². The number of benzene rings is 2. The molecule has 0 N–H and O–H groups in total. The van der Waals surface area contributed by atoms with Crippen molar-refractivity contribution in [2.45, 2.75) is 45.1 Å². The minimum absolute atomic E-state index is 0.110. The molecule has 38 heavy (non-hydrogen) atoms. The van der Waals surface area contributed by atoms with E-state index in [4.69, 9.17) is 0 Å². The molecule has 198 valence electrons. The minimum Gasteiger partial charge on any atom is -0.299 e. The monoisotopic (exact) mass is 522 g/mol. The van der Waals surface area contributed by atoms with E-state index >= 15 is 0 Å². The van der Waals surface area contributed by atoms with Gasteiger partial charge in [-0.1, -0.05) is 30.3 Å². The van der Waals surface area contributed by atoms with E-state index in [9.17, 15) is 22.8 Å². The minimum atomic E-state index is -1.54. The highest BCUT2D eigenvalue weighted by Crippen LogP contribution is 2.28. The summed E-state index contributed by atoms with van der Waals surface area (Å²) < 4.78 is 42.6. The lowest BCUT2D eigenvalue weighted by molar-refractivity contribution is 0.0917. The van der Waals surface area contributed by atoms with Crippen molar-refractivity contribution in [3.8, 4) is 0 Å². The molecule has 0 atom stereocenters. The Balaban J connectivity index is 1.29. The average molecular weight is 523 g/mol. The molecule has 1 aromatic heterocycles. The SMILES string of the molecule is O=C(CC1CCN(Cc2ccccc2)CC1)c1cnc2c(n1)N(C(=O)c1c(F)ccc(F)c1F)CCCC2. The summed E-state index contributed by atoms with van der Waals surface area (Å²) in [5.41, 5.74) is 0.882. The summed E-state index contributed by atoms with van der Waals surface area (Å²) in [4.78, 5) is 38.7. The first-order valence-electron chi connectivity index (χ1n) is 13.0. The van der Waals surface area contributed by atoms with Crippen LogP contribution < -0.4 is 4.90 Å². The maximum Gasteiger partial charge on any atom is 0.265 e. The van der Waals surface area contributed by atoms with Gasteiger partial charge in [-0.3, -0.25) is 24.4 Å². The van der Waals surface area contributed by atoms with Gasteiger partial charge in [-0.15, -0.1) is 0 Å². The Morgan fingerprint density at radius 2 is 1.66 bits per heavy atom. The highest BCUT2D eigenvalue weighted by Gasteiger charge is 2.31. The number of nitrogens with zero attached hydrogens (tertiary/aromatic N) is 4. The van der Waals surface area contributed by atoms with E-state index in [1.54, 1.807) is 0 Å². The highest BCUT2D eigenvalue weighted by atomic mass is 19.2. The maximum absolute atomic E-state index is 14.4. The highest BCUT2D eigenvalue weighted by molar-refractivity contribution is 6.06. The molecule has 3 aromatic rings. The first-order valence-corrected chi connectivity index (χ1v) is 13.0. The maximum atomic E-state index is 14.4. The Labute approximate surface area is 219 Å². The van der Waals surface area contributed by atoms with Gasteiger partial charge < -0.3 is 0 Å². The van der Waals surface area contributed by atoms with E-state index in [0.29, 0.717) is 37.4 Å². The molecule has 0 spiro atoms. The van der Waals surface area contributed by atoms with Crippen LogP contribution >= 0.6 is 0 Å². The topological polar surface area (TPSA) is 66.4 Å². The van der Waals surface area contributed by atoms with Crippen LogP contribution in [0.15, 0.2) is 48.7 Å². The first kappa shape index (κ1) is 26.0. The number of aromatic nitrogens is 2. The number of Topliss-reactive ketones (excluding diaryl/α,β-unsaturated/α-hetero) is 1. The van der Waals surface area contributed by atoms with Gasteiger partial charge in [0.15, 0.2) is 23.2 Å². The molecule has 9 heteroatoms. The lowest BCUT2D eigenvalue weighted by atomic mass is 9.91. The number of likely N-dealkylation sites (tertiary alicyclic amines) is 1. The van der Waals surface area contributed by atoms with Crippen LogP contribution in [-0.2, 0) is 13.0 Å². The average Bonchev–Trinajstić information content (AvgIpc) is 3.14. The normalized spacial score (nSPS) is 16.7. The fraction of sp³-hybridized carbons (Fsp3) is 0.379. The standard InChI is InChI=1S/C29H29F3N4O2/c30-21-9-10-22(31)27(32)26(21)29(38)36-13-5-4-8-23-28(36)34-24(17-33-23)25(37)16-19-11-14-35(15-12-19)18-20-6-2-1-3-7-20/h1-3,6-7,9-10,17,19H,4-5,8,11-16,18H2. The molecular formula is C29H29F3N4O2. The van der Waals surface area contributed by atoms with Crippen molar-refractivity contribution in [2.24, 2.45) is 5.92 Å². The summed E-state index contributed by atoms with van der Waals surface area (Å²) in [6.45, 7) is 2.81. The second-order valence-electron chi connectivity index (χ2n) is 9.99. The number of halogens is 3. The predicted octanol–water partition coefficient (Wildman–Crippen LogP) is 5.36. The summed E-state index contributed by atoms with van der Waals surface area (Å²) in [6, 6.07) is 11.6. The molecule has 1 amide bonds. The number of carbonyl (C=O) groups is 2. The molecule has 3 heterocycles. The molecule has 0 bridgehead atoms. The number of fused-ring (bicyclic) bond motifs is 1. The van der Waals surface area contributed by atoms with Crippen LogP contribution in [0, 0.1) is 23.4 Å². The second-order valence-corrected chi connectivity index (χ2v) is 9.99. The second kappa shape index (κ2) is 11.4. The number of piperidine rings is 1. The Morgan fingerprint density at radius 1 is 0.921 bits per heavy atom. The first-order chi connectivity index (χ1) is 18.4. The molecule has 6 nitrogen and oxygen atoms in total. The smallest absolute Gasteiger partial charge is 0.265 e. The number of aryl methyl sites for hydroxylation is 1. The fourth-order valence-electron chi connectivity index (χ4n) is 5.21. The van der Waals surface area contributed by atoms with Gasteiger partial charge >= 0.3 is 0 Å². The Hall–Kier alpha value is -3.59. The van der Waals surface area contributed by atoms with Crippen molar-refractivity contribution in [3.63, 3.8) is 0 Å². The molecule has 2 aliphatic heterocycles. The van der Waals surface area contributed by atoms with Crippen molar-refractivity contribution >= 4 is 17.5 Å². The number of amides is 1. The Morgan fingerprint density at radius 3 is 2.42 bits per heavy atom. The van der Waals surface area contributed by atoms with Gasteiger partial charge in [0, 0.05) is 19.5 Å². The third-order valence-corrected chi connectivity index (χ3v) is 7.35. The lowest BCUT2D eigenvalue weighted by Gasteiger charge is -2.31. The van der Waals surface area contributed by atoms with Crippen molar-refractivity contribution < 1.29 is 22.8 Å². The molecule has 5 rings (SSSR count). The molecule has 0 radical (unpaired) electrons. The van der Waals surface area contributed by atoms with Crippen LogP contribution in [0.4, 0.5) is 19.0 Å². The molecular weight excluding hydrogens is 493 g/mol. The van der Waals surface area contributed by atoms with Crippen LogP contribution in [0.2, 0.25) is 0 Å². The molecule has 1 fully saturated rings. The fourth-order valence-corrected chi connectivity index (χ4v) is 5.21. The molecule has 0 aliphatic carbocycles. The third kappa shape index (κ3) is 5.62. The molecule has 2 aromatic carbocycles. The van der Waals surface area contributed by atoms with Crippen molar-refractivity contribution in [1.82, 2.24) is 14.9 Å². The van der Waals surface area contributed by atoms with Gasteiger partial charge in [-0.05, 0) is 68.8 Å². The summed E-state index contributed by atoms with van der Waals surface area (Å²) >= 11 is 0. The Bertz CT molecular complexity index is 1330. The van der Waals surface area contributed by atoms with Crippen LogP contribution in [0.3, 0.4) is 0 Å². The van der Waals surface area contributed by atoms with Gasteiger partial charge in [0.05, 0.1) is 11.9 Å². The predicted molar refractivity (Wildman–Crippen MR) is 136 cm³/mol. The van der Waals surface area contributed by atoms with Gasteiger partial charge in [-0.2, -0.15) is 0 Å². The van der Waals surface area contributed by atoms with E-state index in [1.807, 2.05) is 18.2 Å². The number of carbonyl (C=O) groups excluding carboxylic acids is 2. The summed E-state index contributed by atoms with van der Waals surface area (Å²) in [5, 5.41) is 0. The lowest BCUT2D eigenvalue weighted by Crippen LogP contribution is -2.35. The van der Waals surface area contributed by atoms with Crippen LogP contribution in [0.25, 0.3) is 0 Å². The van der Waals surface area contributed by atoms with E-state index in [0.717, 1.165) is 43.4 Å². The third-order valence-electron chi connectivity index (χ3n) is 7.35. The van der Waals surface area contributed by atoms with Crippen molar-refractivity contribution in [1.29, 1.82) is 0 Å². The number of ketones is 1. The van der Waals surface area contributed by atoms with Crippen LogP contribution in [0.1, 0.15) is 64.2 Å². The van der Waals surface area contributed by atoms with Crippen molar-refractivity contribution in [3.05, 3.63) is 88.6 Å². The summed E-state index contributed by atoms with van der Waals surface area (Å²) in [6.07, 6.45) is 5.26. The number of rotatable bonds is 6. The van der Waals surface area contributed by atoms with Gasteiger partial charge in [-0.25, -0.2) is 18.2 Å². The zero-order valence-corrected chi connectivity index (χ0v) is 21.0. The molecule has 0 saturated carbocycles. The molecule has 0 unspecified atom stereocenters. The number of hydrogen-bond acceptors (Lipinski definition) is 5. The van der Waals surface area contributed by atoms with Crippen LogP contribution in [0.5, 0.6) is 0 Å². The molecule has 2 aliphatic rings. The van der Waals surface area contributed by atoms with Gasteiger partial charge in [0.1, 0.15) is 17.1 Å². The van der Waals surface area contributed by atoms with E-state index in [2.05, 4.69) is 27.0 Å². The van der Waals surface area contributed by atoms with E-state index in [-0.39, 0.29) is 29.8 Å². The van der Waals surface area contributed by atoms with E-state index < -0.39 is 28.9 Å². The quantitative estimate of drug-likeness (QED) is 0.322. The van der Waals surface area contributed by atoms with Crippen molar-refractivity contribution in [2.75, 3.05) is 24.5 Å². The van der Waals surface area contributed by atoms with Gasteiger partial charge in [0.25, 0.3) is 5.91 Å². The van der Waals surface area contributed by atoms with Crippen LogP contribution in [-0.4, -0.2) is 46.2 Å². The zero-order valence-electron chi connectivity index (χ0n) is 21.0. The Kier molecular flexibility index (Phi) is 7.83. The number of anilines is 1. The van der Waals surface area contributed by atoms with Gasteiger partial charge in [0.2, 0.25) is 0 Å². The summed E-state index contributed by atoms with van der Waals surface area (Å²) in [5.74, 6) is -4.90. The molecule has 1 saturated heterocycles. The number of hydrogen-bond donors (Lipinski definition) is 0. The zero-order chi connectivity index (χ0) is 26.6. The largest absolute Gasteiger partial charge is 0.299 e.